The number of hydrogen-bond donors (Lipinski definition) is 1. The molecule has 1 aliphatic heterocycles. The largest absolute Gasteiger partial charge is 0.391 e. The zero-order chi connectivity index (χ0) is 17.3. The molecule has 2 atom stereocenters. The van der Waals surface area contributed by atoms with E-state index < -0.39 is 6.10 Å². The van der Waals surface area contributed by atoms with Crippen molar-refractivity contribution in [2.75, 3.05) is 13.1 Å². The molecule has 0 bridgehead atoms. The first-order valence-corrected chi connectivity index (χ1v) is 8.41. The van der Waals surface area contributed by atoms with Crippen LogP contribution in [-0.4, -0.2) is 45.1 Å². The van der Waals surface area contributed by atoms with Crippen LogP contribution in [-0.2, 0) is 0 Å². The standard InChI is InChI=1S/C18H20ClN3O2/c1-11-7-8-22(10-16(11)23)18(24)15-9-12(2)20-17(21-15)13-3-5-14(19)6-4-13/h3-6,9,11,16,23H,7-8,10H2,1-2H3. The van der Waals surface area contributed by atoms with Gasteiger partial charge in [-0.05, 0) is 49.6 Å². The van der Waals surface area contributed by atoms with Crippen molar-refractivity contribution >= 4 is 17.5 Å². The summed E-state index contributed by atoms with van der Waals surface area (Å²) < 4.78 is 0. The van der Waals surface area contributed by atoms with Gasteiger partial charge in [0.25, 0.3) is 5.91 Å². The van der Waals surface area contributed by atoms with Crippen LogP contribution in [0.4, 0.5) is 0 Å². The third-order valence-electron chi connectivity index (χ3n) is 4.38. The average Bonchev–Trinajstić information content (AvgIpc) is 2.57. The van der Waals surface area contributed by atoms with E-state index in [9.17, 15) is 9.90 Å². The third-order valence-corrected chi connectivity index (χ3v) is 4.63. The maximum absolute atomic E-state index is 12.7. The molecular weight excluding hydrogens is 326 g/mol. The predicted octanol–water partition coefficient (Wildman–Crippen LogP) is 2.95. The number of aromatic nitrogens is 2. The number of β-amino-alcohol motifs (C(OH)–C–C–N with tert-alkyl or cyclic N) is 1. The summed E-state index contributed by atoms with van der Waals surface area (Å²) >= 11 is 5.91. The monoisotopic (exact) mass is 345 g/mol. The van der Waals surface area contributed by atoms with E-state index in [0.717, 1.165) is 17.7 Å². The van der Waals surface area contributed by atoms with Crippen molar-refractivity contribution in [2.45, 2.75) is 26.4 Å². The predicted molar refractivity (Wildman–Crippen MR) is 92.9 cm³/mol. The molecule has 126 valence electrons. The first-order valence-electron chi connectivity index (χ1n) is 8.03. The van der Waals surface area contributed by atoms with Gasteiger partial charge in [-0.3, -0.25) is 4.79 Å². The summed E-state index contributed by atoms with van der Waals surface area (Å²) in [4.78, 5) is 23.2. The maximum Gasteiger partial charge on any atom is 0.272 e. The highest BCUT2D eigenvalue weighted by atomic mass is 35.5. The Morgan fingerprint density at radius 1 is 1.29 bits per heavy atom. The minimum absolute atomic E-state index is 0.165. The van der Waals surface area contributed by atoms with Crippen LogP contribution in [0.3, 0.4) is 0 Å². The fraction of sp³-hybridized carbons (Fsp3) is 0.389. The molecule has 0 spiro atoms. The van der Waals surface area contributed by atoms with Crippen molar-refractivity contribution in [3.63, 3.8) is 0 Å². The fourth-order valence-electron chi connectivity index (χ4n) is 2.80. The van der Waals surface area contributed by atoms with Crippen molar-refractivity contribution in [1.82, 2.24) is 14.9 Å². The van der Waals surface area contributed by atoms with Gasteiger partial charge in [-0.25, -0.2) is 9.97 Å². The molecule has 3 rings (SSSR count). The van der Waals surface area contributed by atoms with Crippen molar-refractivity contribution in [3.8, 4) is 11.4 Å². The van der Waals surface area contributed by atoms with Crippen LogP contribution >= 0.6 is 11.6 Å². The number of rotatable bonds is 2. The van der Waals surface area contributed by atoms with Crippen LogP contribution in [0.25, 0.3) is 11.4 Å². The number of aliphatic hydroxyl groups excluding tert-OH is 1. The van der Waals surface area contributed by atoms with E-state index in [4.69, 9.17) is 11.6 Å². The highest BCUT2D eigenvalue weighted by molar-refractivity contribution is 6.30. The number of amides is 1. The molecule has 2 unspecified atom stereocenters. The number of halogens is 1. The molecule has 0 aliphatic carbocycles. The highest BCUT2D eigenvalue weighted by Crippen LogP contribution is 2.21. The lowest BCUT2D eigenvalue weighted by atomic mass is 9.96. The maximum atomic E-state index is 12.7. The van der Waals surface area contributed by atoms with Crippen molar-refractivity contribution in [1.29, 1.82) is 0 Å². The second-order valence-corrected chi connectivity index (χ2v) is 6.75. The van der Waals surface area contributed by atoms with Crippen LogP contribution in [0.5, 0.6) is 0 Å². The minimum atomic E-state index is -0.485. The lowest BCUT2D eigenvalue weighted by Gasteiger charge is -2.34. The molecule has 1 N–H and O–H groups in total. The number of aryl methyl sites for hydroxylation is 1. The Hall–Kier alpha value is -1.98. The molecule has 1 saturated heterocycles. The fourth-order valence-corrected chi connectivity index (χ4v) is 2.93. The topological polar surface area (TPSA) is 66.3 Å². The zero-order valence-corrected chi connectivity index (χ0v) is 14.5. The summed E-state index contributed by atoms with van der Waals surface area (Å²) in [6.45, 7) is 4.82. The second-order valence-electron chi connectivity index (χ2n) is 6.31. The summed E-state index contributed by atoms with van der Waals surface area (Å²) in [7, 11) is 0. The van der Waals surface area contributed by atoms with Gasteiger partial charge in [0, 0.05) is 29.4 Å². The summed E-state index contributed by atoms with van der Waals surface area (Å²) in [5.74, 6) is 0.549. The number of aliphatic hydroxyl groups is 1. The van der Waals surface area contributed by atoms with Gasteiger partial charge in [0.15, 0.2) is 5.82 Å². The van der Waals surface area contributed by atoms with Gasteiger partial charge in [0.2, 0.25) is 0 Å². The first-order chi connectivity index (χ1) is 11.4. The van der Waals surface area contributed by atoms with Gasteiger partial charge >= 0.3 is 0 Å². The Morgan fingerprint density at radius 3 is 2.67 bits per heavy atom. The summed E-state index contributed by atoms with van der Waals surface area (Å²) in [5, 5.41) is 10.7. The van der Waals surface area contributed by atoms with Gasteiger partial charge in [-0.1, -0.05) is 18.5 Å². The lowest BCUT2D eigenvalue weighted by Crippen LogP contribution is -2.46. The smallest absolute Gasteiger partial charge is 0.272 e. The number of nitrogens with zero attached hydrogens (tertiary/aromatic N) is 3. The molecular formula is C18H20ClN3O2. The average molecular weight is 346 g/mol. The van der Waals surface area contributed by atoms with Crippen LogP contribution in [0.1, 0.15) is 29.5 Å². The molecule has 24 heavy (non-hydrogen) atoms. The van der Waals surface area contributed by atoms with E-state index in [1.54, 1.807) is 23.1 Å². The van der Waals surface area contributed by atoms with E-state index in [0.29, 0.717) is 29.6 Å². The number of likely N-dealkylation sites (tertiary alicyclic amines) is 1. The molecule has 1 aromatic carbocycles. The van der Waals surface area contributed by atoms with Crippen LogP contribution < -0.4 is 0 Å². The molecule has 2 aromatic rings. The van der Waals surface area contributed by atoms with E-state index in [1.165, 1.54) is 0 Å². The number of benzene rings is 1. The number of hydrogen-bond acceptors (Lipinski definition) is 4. The molecule has 1 amide bonds. The second kappa shape index (κ2) is 6.87. The molecule has 6 heteroatoms. The highest BCUT2D eigenvalue weighted by Gasteiger charge is 2.28. The molecule has 1 fully saturated rings. The Kier molecular flexibility index (Phi) is 4.83. The van der Waals surface area contributed by atoms with Gasteiger partial charge in [-0.15, -0.1) is 0 Å². The van der Waals surface area contributed by atoms with E-state index >= 15 is 0 Å². The van der Waals surface area contributed by atoms with Gasteiger partial charge in [0.1, 0.15) is 5.69 Å². The lowest BCUT2D eigenvalue weighted by molar-refractivity contribution is 0.0245. The van der Waals surface area contributed by atoms with E-state index in [2.05, 4.69) is 9.97 Å². The minimum Gasteiger partial charge on any atom is -0.391 e. The molecule has 5 nitrogen and oxygen atoms in total. The first kappa shape index (κ1) is 16.9. The quantitative estimate of drug-likeness (QED) is 0.908. The Bertz CT molecular complexity index is 748. The Balaban J connectivity index is 1.88. The van der Waals surface area contributed by atoms with Gasteiger partial charge < -0.3 is 10.0 Å². The zero-order valence-electron chi connectivity index (χ0n) is 13.7. The van der Waals surface area contributed by atoms with Gasteiger partial charge in [0.05, 0.1) is 6.10 Å². The Morgan fingerprint density at radius 2 is 2.00 bits per heavy atom. The number of carbonyl (C=O) groups excluding carboxylic acids is 1. The molecule has 0 radical (unpaired) electrons. The third kappa shape index (κ3) is 3.57. The SMILES string of the molecule is Cc1cc(C(=O)N2CCC(C)C(O)C2)nc(-c2ccc(Cl)cc2)n1. The summed E-state index contributed by atoms with van der Waals surface area (Å²) in [5.41, 5.74) is 1.89. The van der Waals surface area contributed by atoms with Crippen molar-refractivity contribution in [2.24, 2.45) is 5.92 Å². The molecule has 0 saturated carbocycles. The summed E-state index contributed by atoms with van der Waals surface area (Å²) in [6.07, 6.45) is 0.308. The normalized spacial score (nSPS) is 20.9. The number of carbonyl (C=O) groups is 1. The summed E-state index contributed by atoms with van der Waals surface area (Å²) in [6, 6.07) is 8.89. The van der Waals surface area contributed by atoms with Crippen molar-refractivity contribution in [3.05, 3.63) is 46.7 Å². The van der Waals surface area contributed by atoms with Gasteiger partial charge in [-0.2, -0.15) is 0 Å². The number of piperidine rings is 1. The van der Waals surface area contributed by atoms with E-state index in [-0.39, 0.29) is 11.8 Å². The molecule has 1 aromatic heterocycles. The van der Waals surface area contributed by atoms with Crippen LogP contribution in [0.2, 0.25) is 5.02 Å². The molecule has 1 aliphatic rings. The van der Waals surface area contributed by atoms with Crippen LogP contribution in [0.15, 0.2) is 30.3 Å². The molecule has 2 heterocycles. The Labute approximate surface area is 146 Å². The van der Waals surface area contributed by atoms with Crippen molar-refractivity contribution < 1.29 is 9.90 Å². The van der Waals surface area contributed by atoms with E-state index in [1.807, 2.05) is 26.0 Å². The van der Waals surface area contributed by atoms with Crippen LogP contribution in [0, 0.1) is 12.8 Å².